The van der Waals surface area contributed by atoms with Gasteiger partial charge in [0.05, 0.1) is 11.4 Å². The molecule has 4 rings (SSSR count). The van der Waals surface area contributed by atoms with Gasteiger partial charge in [-0.2, -0.15) is 9.78 Å². The number of hydrogen-bond donors (Lipinski definition) is 1. The lowest BCUT2D eigenvalue weighted by molar-refractivity contribution is -0.121. The predicted octanol–water partition coefficient (Wildman–Crippen LogP) is 4.63. The Morgan fingerprint density at radius 1 is 1.17 bits per heavy atom. The summed E-state index contributed by atoms with van der Waals surface area (Å²) in [6.07, 6.45) is 2.92. The van der Waals surface area contributed by atoms with E-state index in [1.807, 2.05) is 38.1 Å². The molecule has 0 atom stereocenters. The molecular weight excluding hydrogens is 369 g/mol. The van der Waals surface area contributed by atoms with Gasteiger partial charge in [0.15, 0.2) is 11.6 Å². The van der Waals surface area contributed by atoms with Crippen LogP contribution in [0.15, 0.2) is 48.5 Å². The van der Waals surface area contributed by atoms with Crippen LogP contribution in [-0.4, -0.2) is 21.7 Å². The van der Waals surface area contributed by atoms with Gasteiger partial charge in [-0.25, -0.2) is 4.39 Å². The van der Waals surface area contributed by atoms with Gasteiger partial charge < -0.3 is 10.1 Å². The summed E-state index contributed by atoms with van der Waals surface area (Å²) in [6, 6.07) is 14.4. The molecule has 1 heterocycles. The van der Waals surface area contributed by atoms with E-state index in [0.29, 0.717) is 24.8 Å². The minimum atomic E-state index is -0.444. The van der Waals surface area contributed by atoms with Crippen molar-refractivity contribution in [2.24, 2.45) is 0 Å². The number of carbonyl (C=O) groups is 1. The fraction of sp³-hybridized carbons (Fsp3) is 0.304. The molecule has 0 radical (unpaired) electrons. The number of aryl methyl sites for hydroxylation is 2. The molecule has 0 spiro atoms. The standard InChI is InChI=1S/C23H24FN3O2/c1-15-7-3-5-9-20(15)27-23(29-21-10-6-4-8-19(21)24)18(16(2)26-27)13-14-22(28)25-17-11-12-17/h3-10,17H,11-14H2,1-2H3,(H,25,28). The highest BCUT2D eigenvalue weighted by Gasteiger charge is 2.25. The van der Waals surface area contributed by atoms with Crippen molar-refractivity contribution in [1.29, 1.82) is 0 Å². The maximum atomic E-state index is 14.3. The number of ether oxygens (including phenoxy) is 1. The fourth-order valence-electron chi connectivity index (χ4n) is 3.29. The highest BCUT2D eigenvalue weighted by molar-refractivity contribution is 5.77. The minimum Gasteiger partial charge on any atom is -0.436 e. The van der Waals surface area contributed by atoms with E-state index in [0.717, 1.165) is 35.3 Å². The SMILES string of the molecule is Cc1ccccc1-n1nc(C)c(CCC(=O)NC2CC2)c1Oc1ccccc1F. The zero-order valence-corrected chi connectivity index (χ0v) is 16.6. The van der Waals surface area contributed by atoms with Gasteiger partial charge >= 0.3 is 0 Å². The van der Waals surface area contributed by atoms with Crippen LogP contribution in [0.3, 0.4) is 0 Å². The molecule has 29 heavy (non-hydrogen) atoms. The molecule has 1 aliphatic rings. The van der Waals surface area contributed by atoms with Crippen molar-refractivity contribution in [3.05, 3.63) is 71.2 Å². The molecule has 1 N–H and O–H groups in total. The Kier molecular flexibility index (Phi) is 5.34. The molecule has 5 nitrogen and oxygen atoms in total. The summed E-state index contributed by atoms with van der Waals surface area (Å²) in [6.45, 7) is 3.87. The topological polar surface area (TPSA) is 56.2 Å². The first-order chi connectivity index (χ1) is 14.0. The number of benzene rings is 2. The number of amides is 1. The molecule has 1 saturated carbocycles. The highest BCUT2D eigenvalue weighted by Crippen LogP contribution is 2.33. The van der Waals surface area contributed by atoms with Gasteiger partial charge in [-0.15, -0.1) is 0 Å². The van der Waals surface area contributed by atoms with Gasteiger partial charge in [0.25, 0.3) is 0 Å². The molecule has 1 aromatic heterocycles. The van der Waals surface area contributed by atoms with E-state index in [2.05, 4.69) is 10.4 Å². The normalized spacial score (nSPS) is 13.3. The number of para-hydroxylation sites is 2. The number of carbonyl (C=O) groups excluding carboxylic acids is 1. The number of nitrogens with one attached hydrogen (secondary N) is 1. The lowest BCUT2D eigenvalue weighted by atomic mass is 10.1. The summed E-state index contributed by atoms with van der Waals surface area (Å²) in [7, 11) is 0. The lowest BCUT2D eigenvalue weighted by Crippen LogP contribution is -2.25. The van der Waals surface area contributed by atoms with Crippen LogP contribution in [-0.2, 0) is 11.2 Å². The second-order valence-electron chi connectivity index (χ2n) is 7.44. The summed E-state index contributed by atoms with van der Waals surface area (Å²) in [5.74, 6) is 0.152. The van der Waals surface area contributed by atoms with Crippen molar-refractivity contribution in [3.8, 4) is 17.3 Å². The maximum Gasteiger partial charge on any atom is 0.226 e. The molecule has 0 unspecified atom stereocenters. The summed E-state index contributed by atoms with van der Waals surface area (Å²) in [5, 5.41) is 7.66. The average molecular weight is 393 g/mol. The Hall–Kier alpha value is -3.15. The van der Waals surface area contributed by atoms with Crippen molar-refractivity contribution in [2.75, 3.05) is 0 Å². The first-order valence-corrected chi connectivity index (χ1v) is 9.89. The summed E-state index contributed by atoms with van der Waals surface area (Å²) >= 11 is 0. The third-order valence-corrected chi connectivity index (χ3v) is 5.07. The van der Waals surface area contributed by atoms with Gasteiger partial charge in [0.1, 0.15) is 0 Å². The Balaban J connectivity index is 1.70. The second-order valence-corrected chi connectivity index (χ2v) is 7.44. The van der Waals surface area contributed by atoms with Crippen molar-refractivity contribution in [1.82, 2.24) is 15.1 Å². The Labute approximate surface area is 169 Å². The van der Waals surface area contributed by atoms with Crippen molar-refractivity contribution in [2.45, 2.75) is 45.6 Å². The Morgan fingerprint density at radius 2 is 1.90 bits per heavy atom. The Bertz CT molecular complexity index is 1040. The van der Waals surface area contributed by atoms with E-state index in [1.54, 1.807) is 22.9 Å². The van der Waals surface area contributed by atoms with Gasteiger partial charge in [-0.05, 0) is 56.9 Å². The zero-order chi connectivity index (χ0) is 20.4. The number of aromatic nitrogens is 2. The van der Waals surface area contributed by atoms with Crippen LogP contribution in [0.5, 0.6) is 11.6 Å². The predicted molar refractivity (Wildman–Crippen MR) is 109 cm³/mol. The molecule has 2 aromatic carbocycles. The van der Waals surface area contributed by atoms with Crippen LogP contribution in [0.2, 0.25) is 0 Å². The van der Waals surface area contributed by atoms with E-state index >= 15 is 0 Å². The first kappa shape index (κ1) is 19.2. The lowest BCUT2D eigenvalue weighted by Gasteiger charge is -2.13. The molecule has 1 fully saturated rings. The van der Waals surface area contributed by atoms with Crippen LogP contribution in [0.1, 0.15) is 36.1 Å². The van der Waals surface area contributed by atoms with Crippen molar-refractivity contribution >= 4 is 5.91 Å². The largest absolute Gasteiger partial charge is 0.436 e. The monoisotopic (exact) mass is 393 g/mol. The summed E-state index contributed by atoms with van der Waals surface area (Å²) < 4.78 is 22.0. The fourth-order valence-corrected chi connectivity index (χ4v) is 3.29. The molecule has 3 aromatic rings. The number of hydrogen-bond acceptors (Lipinski definition) is 3. The van der Waals surface area contributed by atoms with Crippen LogP contribution >= 0.6 is 0 Å². The minimum absolute atomic E-state index is 0.0207. The summed E-state index contributed by atoms with van der Waals surface area (Å²) in [4.78, 5) is 12.2. The third-order valence-electron chi connectivity index (χ3n) is 5.07. The summed E-state index contributed by atoms with van der Waals surface area (Å²) in [5.41, 5.74) is 3.45. The third kappa shape index (κ3) is 4.31. The van der Waals surface area contributed by atoms with E-state index in [-0.39, 0.29) is 11.7 Å². The average Bonchev–Trinajstić information content (AvgIpc) is 3.46. The van der Waals surface area contributed by atoms with E-state index in [9.17, 15) is 9.18 Å². The smallest absolute Gasteiger partial charge is 0.226 e. The molecule has 0 bridgehead atoms. The maximum absolute atomic E-state index is 14.3. The van der Waals surface area contributed by atoms with E-state index < -0.39 is 5.82 Å². The first-order valence-electron chi connectivity index (χ1n) is 9.89. The zero-order valence-electron chi connectivity index (χ0n) is 16.6. The molecular formula is C23H24FN3O2. The van der Waals surface area contributed by atoms with E-state index in [1.165, 1.54) is 6.07 Å². The number of rotatable bonds is 7. The number of nitrogens with zero attached hydrogens (tertiary/aromatic N) is 2. The molecule has 1 aliphatic carbocycles. The highest BCUT2D eigenvalue weighted by atomic mass is 19.1. The molecule has 0 saturated heterocycles. The van der Waals surface area contributed by atoms with Crippen LogP contribution < -0.4 is 10.1 Å². The molecule has 0 aliphatic heterocycles. The van der Waals surface area contributed by atoms with Gasteiger partial charge in [0, 0.05) is 18.0 Å². The molecule has 150 valence electrons. The van der Waals surface area contributed by atoms with Crippen LogP contribution in [0.4, 0.5) is 4.39 Å². The second kappa shape index (κ2) is 8.07. The van der Waals surface area contributed by atoms with Crippen molar-refractivity contribution in [3.63, 3.8) is 0 Å². The van der Waals surface area contributed by atoms with Crippen LogP contribution in [0.25, 0.3) is 5.69 Å². The van der Waals surface area contributed by atoms with Gasteiger partial charge in [-0.3, -0.25) is 4.79 Å². The molecule has 6 heteroatoms. The van der Waals surface area contributed by atoms with Gasteiger partial charge in [0.2, 0.25) is 11.8 Å². The van der Waals surface area contributed by atoms with Crippen molar-refractivity contribution < 1.29 is 13.9 Å². The quantitative estimate of drug-likeness (QED) is 0.637. The number of halogens is 1. The van der Waals surface area contributed by atoms with E-state index in [4.69, 9.17) is 4.74 Å². The van der Waals surface area contributed by atoms with Gasteiger partial charge in [-0.1, -0.05) is 30.3 Å². The van der Waals surface area contributed by atoms with Crippen LogP contribution in [0, 0.1) is 19.7 Å². The Morgan fingerprint density at radius 3 is 2.62 bits per heavy atom. The molecule has 1 amide bonds.